The van der Waals surface area contributed by atoms with E-state index in [1.807, 2.05) is 38.1 Å². The van der Waals surface area contributed by atoms with Crippen molar-refractivity contribution in [2.24, 2.45) is 0 Å². The predicted octanol–water partition coefficient (Wildman–Crippen LogP) is 5.03. The normalized spacial score (nSPS) is 14.9. The molecule has 1 saturated heterocycles. The smallest absolute Gasteiger partial charge is 0.251 e. The van der Waals surface area contributed by atoms with Crippen LogP contribution in [0, 0.1) is 13.8 Å². The van der Waals surface area contributed by atoms with Crippen molar-refractivity contribution in [1.82, 2.24) is 20.2 Å². The number of ether oxygens (including phenoxy) is 1. The zero-order valence-corrected chi connectivity index (χ0v) is 19.3. The Morgan fingerprint density at radius 2 is 1.88 bits per heavy atom. The molecule has 32 heavy (non-hydrogen) atoms. The summed E-state index contributed by atoms with van der Waals surface area (Å²) in [5, 5.41) is 3.74. The van der Waals surface area contributed by atoms with E-state index in [9.17, 15) is 4.79 Å². The summed E-state index contributed by atoms with van der Waals surface area (Å²) in [6, 6.07) is 11.4. The Labute approximate surface area is 193 Å². The summed E-state index contributed by atoms with van der Waals surface area (Å²) in [6.45, 7) is 5.82. The number of hydrogen-bond donors (Lipinski definition) is 1. The fourth-order valence-corrected chi connectivity index (χ4v) is 3.96. The maximum Gasteiger partial charge on any atom is 0.251 e. The van der Waals surface area contributed by atoms with Crippen LogP contribution in [0.25, 0.3) is 11.3 Å². The minimum absolute atomic E-state index is 0.0163. The van der Waals surface area contributed by atoms with Crippen LogP contribution in [-0.2, 0) is 0 Å². The molecule has 3 heterocycles. The highest BCUT2D eigenvalue weighted by Gasteiger charge is 2.20. The van der Waals surface area contributed by atoms with Gasteiger partial charge in [-0.05, 0) is 70.6 Å². The first-order valence-corrected chi connectivity index (χ1v) is 11.1. The summed E-state index contributed by atoms with van der Waals surface area (Å²) in [4.78, 5) is 23.8. The zero-order chi connectivity index (χ0) is 22.7. The molecule has 3 aromatic rings. The average Bonchev–Trinajstić information content (AvgIpc) is 2.78. The molecule has 0 atom stereocenters. The number of nitrogens with one attached hydrogen (secondary N) is 1. The molecule has 2 aromatic heterocycles. The molecule has 4 rings (SSSR count). The van der Waals surface area contributed by atoms with Crippen LogP contribution in [0.15, 0.2) is 48.8 Å². The lowest BCUT2D eigenvalue weighted by Gasteiger charge is -2.29. The summed E-state index contributed by atoms with van der Waals surface area (Å²) in [5.74, 6) is 1.19. The van der Waals surface area contributed by atoms with Crippen molar-refractivity contribution < 1.29 is 9.53 Å². The standard InChI is InChI=1S/C25H27ClN4O2/c1-16-12-18(4-5-22(16)25(31)29-19-7-10-30(3)11-8-19)24-14-20(6-9-27-24)32-21-13-23(26)17(2)28-15-21/h4-6,9,12-15,19H,7-8,10-11H2,1-3H3,(H,29,31). The Kier molecular flexibility index (Phi) is 6.72. The highest BCUT2D eigenvalue weighted by molar-refractivity contribution is 6.31. The number of amides is 1. The first kappa shape index (κ1) is 22.2. The summed E-state index contributed by atoms with van der Waals surface area (Å²) >= 11 is 6.14. The van der Waals surface area contributed by atoms with E-state index in [4.69, 9.17) is 16.3 Å². The van der Waals surface area contributed by atoms with E-state index >= 15 is 0 Å². The molecule has 1 aliphatic rings. The van der Waals surface area contributed by atoms with Gasteiger partial charge in [0.2, 0.25) is 0 Å². The summed E-state index contributed by atoms with van der Waals surface area (Å²) in [6.07, 6.45) is 5.31. The molecule has 6 nitrogen and oxygen atoms in total. The van der Waals surface area contributed by atoms with Crippen molar-refractivity contribution in [3.05, 3.63) is 70.6 Å². The average molecular weight is 451 g/mol. The topological polar surface area (TPSA) is 67.3 Å². The molecule has 1 N–H and O–H groups in total. The zero-order valence-electron chi connectivity index (χ0n) is 18.6. The minimum Gasteiger partial charge on any atom is -0.456 e. The molecule has 1 fully saturated rings. The van der Waals surface area contributed by atoms with Crippen LogP contribution in [0.1, 0.15) is 34.5 Å². The van der Waals surface area contributed by atoms with Gasteiger partial charge in [0.05, 0.1) is 22.6 Å². The van der Waals surface area contributed by atoms with Crippen LogP contribution in [0.5, 0.6) is 11.5 Å². The van der Waals surface area contributed by atoms with Crippen molar-refractivity contribution in [3.8, 4) is 22.8 Å². The number of piperidine rings is 1. The number of nitrogens with zero attached hydrogens (tertiary/aromatic N) is 3. The monoisotopic (exact) mass is 450 g/mol. The Bertz CT molecular complexity index is 1130. The lowest BCUT2D eigenvalue weighted by molar-refractivity contribution is 0.0916. The lowest BCUT2D eigenvalue weighted by atomic mass is 10.0. The van der Waals surface area contributed by atoms with Gasteiger partial charge in [-0.1, -0.05) is 17.7 Å². The second kappa shape index (κ2) is 9.67. The number of hydrogen-bond acceptors (Lipinski definition) is 5. The molecule has 1 aliphatic heterocycles. The van der Waals surface area contributed by atoms with Gasteiger partial charge in [-0.25, -0.2) is 0 Å². The predicted molar refractivity (Wildman–Crippen MR) is 126 cm³/mol. The van der Waals surface area contributed by atoms with E-state index in [1.165, 1.54) is 0 Å². The summed E-state index contributed by atoms with van der Waals surface area (Å²) in [7, 11) is 2.11. The molecule has 166 valence electrons. The number of benzene rings is 1. The second-order valence-corrected chi connectivity index (χ2v) is 8.71. The van der Waals surface area contributed by atoms with Crippen molar-refractivity contribution >= 4 is 17.5 Å². The molecular weight excluding hydrogens is 424 g/mol. The van der Waals surface area contributed by atoms with Gasteiger partial charge in [-0.3, -0.25) is 14.8 Å². The van der Waals surface area contributed by atoms with Crippen LogP contribution < -0.4 is 10.1 Å². The van der Waals surface area contributed by atoms with E-state index in [1.54, 1.807) is 24.5 Å². The molecule has 1 amide bonds. The number of likely N-dealkylation sites (tertiary alicyclic amines) is 1. The number of carbonyl (C=O) groups excluding carboxylic acids is 1. The molecular formula is C25H27ClN4O2. The van der Waals surface area contributed by atoms with Gasteiger partial charge in [-0.2, -0.15) is 0 Å². The Balaban J connectivity index is 1.48. The van der Waals surface area contributed by atoms with E-state index in [2.05, 4.69) is 27.2 Å². The molecule has 0 bridgehead atoms. The lowest BCUT2D eigenvalue weighted by Crippen LogP contribution is -2.43. The minimum atomic E-state index is -0.0163. The van der Waals surface area contributed by atoms with E-state index in [0.29, 0.717) is 22.1 Å². The van der Waals surface area contributed by atoms with Gasteiger partial charge in [0.25, 0.3) is 5.91 Å². The Morgan fingerprint density at radius 1 is 1.09 bits per heavy atom. The first-order valence-electron chi connectivity index (χ1n) is 10.8. The number of aryl methyl sites for hydroxylation is 2. The molecule has 0 aliphatic carbocycles. The highest BCUT2D eigenvalue weighted by Crippen LogP contribution is 2.28. The van der Waals surface area contributed by atoms with Gasteiger partial charge in [0.1, 0.15) is 11.5 Å². The van der Waals surface area contributed by atoms with E-state index < -0.39 is 0 Å². The quantitative estimate of drug-likeness (QED) is 0.590. The van der Waals surface area contributed by atoms with Gasteiger partial charge in [0, 0.05) is 35.5 Å². The molecule has 0 unspecified atom stereocenters. The number of pyridine rings is 2. The van der Waals surface area contributed by atoms with Crippen molar-refractivity contribution in [2.75, 3.05) is 20.1 Å². The Hall–Kier alpha value is -2.96. The molecule has 0 radical (unpaired) electrons. The van der Waals surface area contributed by atoms with Crippen molar-refractivity contribution in [1.29, 1.82) is 0 Å². The number of carbonyl (C=O) groups is 1. The van der Waals surface area contributed by atoms with E-state index in [-0.39, 0.29) is 11.9 Å². The Morgan fingerprint density at radius 3 is 2.59 bits per heavy atom. The first-order chi connectivity index (χ1) is 15.4. The molecule has 1 aromatic carbocycles. The summed E-state index contributed by atoms with van der Waals surface area (Å²) < 4.78 is 5.91. The third kappa shape index (κ3) is 5.26. The fourth-order valence-electron chi connectivity index (χ4n) is 3.81. The van der Waals surface area contributed by atoms with Crippen LogP contribution in [0.3, 0.4) is 0 Å². The van der Waals surface area contributed by atoms with Crippen molar-refractivity contribution in [3.63, 3.8) is 0 Å². The maximum absolute atomic E-state index is 12.8. The molecule has 0 spiro atoms. The van der Waals surface area contributed by atoms with Crippen LogP contribution >= 0.6 is 11.6 Å². The second-order valence-electron chi connectivity index (χ2n) is 8.30. The maximum atomic E-state index is 12.8. The van der Waals surface area contributed by atoms with Crippen LogP contribution in [-0.4, -0.2) is 47.0 Å². The molecule has 7 heteroatoms. The fraction of sp³-hybridized carbons (Fsp3) is 0.320. The number of halogens is 1. The van der Waals surface area contributed by atoms with Crippen molar-refractivity contribution in [2.45, 2.75) is 32.7 Å². The third-order valence-electron chi connectivity index (χ3n) is 5.79. The van der Waals surface area contributed by atoms with Gasteiger partial charge in [-0.15, -0.1) is 0 Å². The third-order valence-corrected chi connectivity index (χ3v) is 6.17. The SMILES string of the molecule is Cc1cc(-c2cc(Oc3cnc(C)c(Cl)c3)ccn2)ccc1C(=O)NC1CCN(C)CC1. The van der Waals surface area contributed by atoms with Crippen LogP contribution in [0.4, 0.5) is 0 Å². The summed E-state index contributed by atoms with van der Waals surface area (Å²) in [5.41, 5.74) is 4.05. The van der Waals surface area contributed by atoms with Gasteiger partial charge in [0.15, 0.2) is 0 Å². The highest BCUT2D eigenvalue weighted by atomic mass is 35.5. The number of aromatic nitrogens is 2. The van der Waals surface area contributed by atoms with Crippen LogP contribution in [0.2, 0.25) is 5.02 Å². The largest absolute Gasteiger partial charge is 0.456 e. The number of rotatable bonds is 5. The van der Waals surface area contributed by atoms with Gasteiger partial charge >= 0.3 is 0 Å². The van der Waals surface area contributed by atoms with Gasteiger partial charge < -0.3 is 15.0 Å². The van der Waals surface area contributed by atoms with E-state index in [0.717, 1.165) is 48.4 Å². The molecule has 0 saturated carbocycles.